The maximum absolute atomic E-state index is 14.0. The third-order valence-electron chi connectivity index (χ3n) is 4.01. The second-order valence-corrected chi connectivity index (χ2v) is 6.83. The van der Waals surface area contributed by atoms with E-state index in [1.165, 1.54) is 11.8 Å². The molecule has 29 heavy (non-hydrogen) atoms. The minimum atomic E-state index is -0.753. The highest BCUT2D eigenvalue weighted by molar-refractivity contribution is 7.98. The van der Waals surface area contributed by atoms with E-state index in [1.54, 1.807) is 44.8 Å². The van der Waals surface area contributed by atoms with Gasteiger partial charge < -0.3 is 20.5 Å². The fraction of sp³-hybridized carbons (Fsp3) is 0.150. The van der Waals surface area contributed by atoms with Gasteiger partial charge in [0, 0.05) is 35.5 Å². The van der Waals surface area contributed by atoms with Gasteiger partial charge in [0.25, 0.3) is 5.91 Å². The van der Waals surface area contributed by atoms with E-state index in [4.69, 9.17) is 15.2 Å². The van der Waals surface area contributed by atoms with Crippen LogP contribution < -0.4 is 20.5 Å². The topological polar surface area (TPSA) is 99.4 Å². The van der Waals surface area contributed by atoms with Crippen molar-refractivity contribution in [2.75, 3.05) is 25.3 Å². The molecule has 7 nitrogen and oxygen atoms in total. The number of thioether (sulfide) groups is 1. The molecular formula is C20H19FN4O3S. The summed E-state index contributed by atoms with van der Waals surface area (Å²) in [6.07, 6.45) is 3.09. The van der Waals surface area contributed by atoms with Gasteiger partial charge in [0.1, 0.15) is 16.5 Å². The molecule has 9 heteroatoms. The lowest BCUT2D eigenvalue weighted by atomic mass is 10.2. The molecule has 3 rings (SSSR count). The monoisotopic (exact) mass is 414 g/mol. The number of carbonyl (C=O) groups is 1. The summed E-state index contributed by atoms with van der Waals surface area (Å²) in [5, 5.41) is 3.01. The molecule has 0 radical (unpaired) electrons. The minimum Gasteiger partial charge on any atom is -0.497 e. The van der Waals surface area contributed by atoms with Crippen LogP contribution in [0.4, 0.5) is 15.9 Å². The number of nitrogens with zero attached hydrogens (tertiary/aromatic N) is 2. The Morgan fingerprint density at radius 2 is 1.93 bits per heavy atom. The van der Waals surface area contributed by atoms with Crippen LogP contribution in [0.3, 0.4) is 0 Å². The predicted molar refractivity (Wildman–Crippen MR) is 110 cm³/mol. The standard InChI is InChI=1S/C20H19FN4O3S/c1-27-14-4-3-12(17(9-14)28-2)11-29-20-15(10-16(21)18(22)25-20)19(26)24-13-5-7-23-8-6-13/h3-10H,11H2,1-2H3,(H2,22,25)(H,23,24,26). The van der Waals surface area contributed by atoms with Gasteiger partial charge in [-0.3, -0.25) is 9.78 Å². The molecule has 0 spiro atoms. The van der Waals surface area contributed by atoms with Crippen molar-refractivity contribution in [1.29, 1.82) is 0 Å². The van der Waals surface area contributed by atoms with Crippen LogP contribution >= 0.6 is 11.8 Å². The van der Waals surface area contributed by atoms with Crippen molar-refractivity contribution in [2.24, 2.45) is 0 Å². The fourth-order valence-corrected chi connectivity index (χ4v) is 3.51. The molecule has 3 aromatic rings. The van der Waals surface area contributed by atoms with Crippen LogP contribution in [0.15, 0.2) is 53.8 Å². The van der Waals surface area contributed by atoms with Gasteiger partial charge in [-0.25, -0.2) is 9.37 Å². The van der Waals surface area contributed by atoms with Gasteiger partial charge in [-0.2, -0.15) is 0 Å². The third-order valence-corrected chi connectivity index (χ3v) is 5.05. The lowest BCUT2D eigenvalue weighted by Crippen LogP contribution is -2.15. The molecule has 0 aliphatic heterocycles. The van der Waals surface area contributed by atoms with Crippen molar-refractivity contribution < 1.29 is 18.7 Å². The van der Waals surface area contributed by atoms with Crippen molar-refractivity contribution in [1.82, 2.24) is 9.97 Å². The summed E-state index contributed by atoms with van der Waals surface area (Å²) in [6, 6.07) is 9.78. The first kappa shape index (κ1) is 20.4. The number of methoxy groups -OCH3 is 2. The number of hydrogen-bond donors (Lipinski definition) is 2. The van der Waals surface area contributed by atoms with Crippen molar-refractivity contribution in [3.8, 4) is 11.5 Å². The maximum Gasteiger partial charge on any atom is 0.258 e. The maximum atomic E-state index is 14.0. The van der Waals surface area contributed by atoms with E-state index < -0.39 is 11.7 Å². The second-order valence-electron chi connectivity index (χ2n) is 5.86. The van der Waals surface area contributed by atoms with Crippen molar-refractivity contribution >= 4 is 29.2 Å². The van der Waals surface area contributed by atoms with Gasteiger partial charge in [0.2, 0.25) is 0 Å². The van der Waals surface area contributed by atoms with Crippen LogP contribution in [0.2, 0.25) is 0 Å². The number of amides is 1. The number of carbonyl (C=O) groups excluding carboxylic acids is 1. The number of aromatic nitrogens is 2. The molecule has 3 N–H and O–H groups in total. The Labute approximate surface area is 171 Å². The summed E-state index contributed by atoms with van der Waals surface area (Å²) < 4.78 is 24.6. The molecule has 1 amide bonds. The average molecular weight is 414 g/mol. The number of halogens is 1. The zero-order chi connectivity index (χ0) is 20.8. The number of rotatable bonds is 7. The lowest BCUT2D eigenvalue weighted by Gasteiger charge is -2.13. The van der Waals surface area contributed by atoms with Crippen LogP contribution in [-0.4, -0.2) is 30.1 Å². The number of ether oxygens (including phenoxy) is 2. The molecule has 2 heterocycles. The van der Waals surface area contributed by atoms with E-state index in [2.05, 4.69) is 15.3 Å². The molecule has 150 valence electrons. The summed E-state index contributed by atoms with van der Waals surface area (Å²) in [4.78, 5) is 20.6. The molecule has 0 aliphatic carbocycles. The summed E-state index contributed by atoms with van der Waals surface area (Å²) in [5.74, 6) is 0.213. The zero-order valence-electron chi connectivity index (χ0n) is 15.8. The smallest absolute Gasteiger partial charge is 0.258 e. The molecule has 0 saturated carbocycles. The first-order valence-electron chi connectivity index (χ1n) is 8.53. The Kier molecular flexibility index (Phi) is 6.50. The number of pyridine rings is 2. The van der Waals surface area contributed by atoms with Crippen LogP contribution in [0.25, 0.3) is 0 Å². The SMILES string of the molecule is COc1ccc(CSc2nc(N)c(F)cc2C(=O)Nc2ccncc2)c(OC)c1. The van der Waals surface area contributed by atoms with Crippen LogP contribution in [0.5, 0.6) is 11.5 Å². The van der Waals surface area contributed by atoms with E-state index in [-0.39, 0.29) is 11.4 Å². The predicted octanol–water partition coefficient (Wildman–Crippen LogP) is 3.76. The molecular weight excluding hydrogens is 395 g/mol. The Morgan fingerprint density at radius 1 is 1.17 bits per heavy atom. The molecule has 0 aliphatic rings. The fourth-order valence-electron chi connectivity index (χ4n) is 2.51. The van der Waals surface area contributed by atoms with Gasteiger partial charge in [0.05, 0.1) is 19.8 Å². The van der Waals surface area contributed by atoms with Gasteiger partial charge in [-0.15, -0.1) is 11.8 Å². The Morgan fingerprint density at radius 3 is 2.62 bits per heavy atom. The van der Waals surface area contributed by atoms with Crippen molar-refractivity contribution in [3.63, 3.8) is 0 Å². The molecule has 0 fully saturated rings. The molecule has 0 atom stereocenters. The van der Waals surface area contributed by atoms with E-state index in [9.17, 15) is 9.18 Å². The second kappa shape index (κ2) is 9.24. The largest absolute Gasteiger partial charge is 0.497 e. The van der Waals surface area contributed by atoms with Gasteiger partial charge in [-0.1, -0.05) is 6.07 Å². The third kappa shape index (κ3) is 4.94. The molecule has 0 bridgehead atoms. The summed E-state index contributed by atoms with van der Waals surface area (Å²) in [7, 11) is 3.13. The van der Waals surface area contributed by atoms with Crippen molar-refractivity contribution in [3.05, 3.63) is 65.7 Å². The molecule has 1 aromatic carbocycles. The minimum absolute atomic E-state index is 0.0889. The zero-order valence-corrected chi connectivity index (χ0v) is 16.6. The Hall–Kier alpha value is -3.33. The molecule has 0 saturated heterocycles. The number of nitrogens with one attached hydrogen (secondary N) is 1. The summed E-state index contributed by atoms with van der Waals surface area (Å²) >= 11 is 1.25. The van der Waals surface area contributed by atoms with E-state index >= 15 is 0 Å². The number of nitrogens with two attached hydrogens (primary N) is 1. The first-order chi connectivity index (χ1) is 14.0. The van der Waals surface area contributed by atoms with E-state index in [0.29, 0.717) is 28.0 Å². The van der Waals surface area contributed by atoms with Gasteiger partial charge >= 0.3 is 0 Å². The summed E-state index contributed by atoms with van der Waals surface area (Å²) in [5.41, 5.74) is 7.11. The van der Waals surface area contributed by atoms with Crippen LogP contribution in [0, 0.1) is 5.82 Å². The Bertz CT molecular complexity index is 1020. The lowest BCUT2D eigenvalue weighted by molar-refractivity contribution is 0.102. The molecule has 2 aromatic heterocycles. The normalized spacial score (nSPS) is 10.4. The first-order valence-corrected chi connectivity index (χ1v) is 9.51. The number of hydrogen-bond acceptors (Lipinski definition) is 7. The highest BCUT2D eigenvalue weighted by Gasteiger charge is 2.18. The van der Waals surface area contributed by atoms with Gasteiger partial charge in [0.15, 0.2) is 11.6 Å². The average Bonchev–Trinajstić information content (AvgIpc) is 2.74. The summed E-state index contributed by atoms with van der Waals surface area (Å²) in [6.45, 7) is 0. The number of benzene rings is 1. The quantitative estimate of drug-likeness (QED) is 0.568. The van der Waals surface area contributed by atoms with Crippen molar-refractivity contribution in [2.45, 2.75) is 10.8 Å². The van der Waals surface area contributed by atoms with E-state index in [1.807, 2.05) is 12.1 Å². The van der Waals surface area contributed by atoms with Gasteiger partial charge in [-0.05, 0) is 24.3 Å². The Balaban J connectivity index is 1.85. The highest BCUT2D eigenvalue weighted by atomic mass is 32.2. The molecule has 0 unspecified atom stereocenters. The van der Waals surface area contributed by atoms with Crippen LogP contribution in [-0.2, 0) is 5.75 Å². The van der Waals surface area contributed by atoms with Crippen LogP contribution in [0.1, 0.15) is 15.9 Å². The number of nitrogen functional groups attached to an aromatic ring is 1. The number of anilines is 2. The van der Waals surface area contributed by atoms with E-state index in [0.717, 1.165) is 11.6 Å². The highest BCUT2D eigenvalue weighted by Crippen LogP contribution is 2.32.